The summed E-state index contributed by atoms with van der Waals surface area (Å²) in [6.07, 6.45) is 0.234. The lowest BCUT2D eigenvalue weighted by molar-refractivity contribution is -0.150. The summed E-state index contributed by atoms with van der Waals surface area (Å²) in [7, 11) is 3.30. The van der Waals surface area contributed by atoms with Crippen molar-refractivity contribution in [1.82, 2.24) is 14.7 Å². The fraction of sp³-hybridized carbons (Fsp3) is 0.500. The third kappa shape index (κ3) is 4.95. The van der Waals surface area contributed by atoms with Gasteiger partial charge in [-0.05, 0) is 12.1 Å². The highest BCUT2D eigenvalue weighted by Crippen LogP contribution is 2.14. The Balaban J connectivity index is 1.91. The zero-order valence-corrected chi connectivity index (χ0v) is 15.0. The maximum Gasteiger partial charge on any atom is 0.246 e. The lowest BCUT2D eigenvalue weighted by atomic mass is 10.1. The van der Waals surface area contributed by atoms with Crippen molar-refractivity contribution in [3.63, 3.8) is 0 Å². The molecule has 1 heterocycles. The average molecular weight is 347 g/mol. The van der Waals surface area contributed by atoms with Crippen LogP contribution >= 0.6 is 0 Å². The van der Waals surface area contributed by atoms with Crippen LogP contribution in [0.2, 0.25) is 0 Å². The van der Waals surface area contributed by atoms with Crippen LogP contribution in [-0.2, 0) is 14.4 Å². The molecule has 1 fully saturated rings. The zero-order valence-electron chi connectivity index (χ0n) is 15.0. The molecule has 7 nitrogen and oxygen atoms in total. The maximum absolute atomic E-state index is 12.4. The van der Waals surface area contributed by atoms with Crippen molar-refractivity contribution in [2.75, 3.05) is 40.3 Å². The van der Waals surface area contributed by atoms with Gasteiger partial charge in [-0.25, -0.2) is 0 Å². The van der Waals surface area contributed by atoms with Crippen LogP contribution in [0.5, 0.6) is 5.75 Å². The molecule has 0 unspecified atom stereocenters. The van der Waals surface area contributed by atoms with E-state index < -0.39 is 6.04 Å². The summed E-state index contributed by atoms with van der Waals surface area (Å²) in [4.78, 5) is 41.2. The molecule has 0 N–H and O–H groups in total. The number of benzene rings is 1. The minimum Gasteiger partial charge on any atom is -0.493 e. The van der Waals surface area contributed by atoms with Gasteiger partial charge in [0, 0.05) is 34.1 Å². The lowest BCUT2D eigenvalue weighted by Crippen LogP contribution is -2.61. The standard InChI is InChI=1S/C18H25N3O4/c1-14(22)21-11-10-20(13-16(21)18(24)19(2)3)17(23)9-12-25-15-7-5-4-6-8-15/h4-8,16H,9-13H2,1-3H3/t16-/m1/s1. The van der Waals surface area contributed by atoms with E-state index in [-0.39, 0.29) is 37.3 Å². The molecule has 1 atom stereocenters. The van der Waals surface area contributed by atoms with Crippen LogP contribution in [0.25, 0.3) is 0 Å². The number of amides is 3. The quantitative estimate of drug-likeness (QED) is 0.782. The number of ether oxygens (including phenoxy) is 1. The Labute approximate surface area is 148 Å². The Morgan fingerprint density at radius 3 is 2.44 bits per heavy atom. The summed E-state index contributed by atoms with van der Waals surface area (Å²) in [5, 5.41) is 0. The molecular formula is C18H25N3O4. The van der Waals surface area contributed by atoms with Crippen molar-refractivity contribution in [3.8, 4) is 5.75 Å². The molecule has 0 radical (unpaired) electrons. The molecule has 1 aliphatic rings. The second kappa shape index (κ2) is 8.50. The largest absolute Gasteiger partial charge is 0.493 e. The van der Waals surface area contributed by atoms with E-state index >= 15 is 0 Å². The Morgan fingerprint density at radius 1 is 1.16 bits per heavy atom. The van der Waals surface area contributed by atoms with Gasteiger partial charge in [0.25, 0.3) is 0 Å². The van der Waals surface area contributed by atoms with Crippen molar-refractivity contribution < 1.29 is 19.1 Å². The smallest absolute Gasteiger partial charge is 0.246 e. The van der Waals surface area contributed by atoms with Gasteiger partial charge in [0.05, 0.1) is 19.6 Å². The van der Waals surface area contributed by atoms with Gasteiger partial charge in [0.15, 0.2) is 0 Å². The number of nitrogens with zero attached hydrogens (tertiary/aromatic N) is 3. The highest BCUT2D eigenvalue weighted by Gasteiger charge is 2.36. The van der Waals surface area contributed by atoms with E-state index in [2.05, 4.69) is 0 Å². The second-order valence-corrected chi connectivity index (χ2v) is 6.21. The molecule has 25 heavy (non-hydrogen) atoms. The van der Waals surface area contributed by atoms with Gasteiger partial charge in [-0.1, -0.05) is 18.2 Å². The molecular weight excluding hydrogens is 322 g/mol. The Hall–Kier alpha value is -2.57. The predicted octanol–water partition coefficient (Wildman–Crippen LogP) is 0.603. The molecule has 0 spiro atoms. The molecule has 136 valence electrons. The molecule has 1 aromatic rings. The third-order valence-corrected chi connectivity index (χ3v) is 4.19. The Kier molecular flexibility index (Phi) is 6.38. The number of likely N-dealkylation sites (N-methyl/N-ethyl adjacent to an activating group) is 1. The fourth-order valence-corrected chi connectivity index (χ4v) is 2.83. The monoisotopic (exact) mass is 347 g/mol. The number of rotatable bonds is 5. The molecule has 1 aromatic carbocycles. The Bertz CT molecular complexity index is 618. The third-order valence-electron chi connectivity index (χ3n) is 4.19. The number of hydrogen-bond donors (Lipinski definition) is 0. The van der Waals surface area contributed by atoms with E-state index in [1.54, 1.807) is 19.0 Å². The van der Waals surface area contributed by atoms with Crippen LogP contribution in [0.3, 0.4) is 0 Å². The summed E-state index contributed by atoms with van der Waals surface area (Å²) >= 11 is 0. The number of carbonyl (C=O) groups excluding carboxylic acids is 3. The van der Waals surface area contributed by atoms with Crippen molar-refractivity contribution in [1.29, 1.82) is 0 Å². The van der Waals surface area contributed by atoms with Crippen LogP contribution in [0.15, 0.2) is 30.3 Å². The second-order valence-electron chi connectivity index (χ2n) is 6.21. The van der Waals surface area contributed by atoms with E-state index in [1.807, 2.05) is 30.3 Å². The summed E-state index contributed by atoms with van der Waals surface area (Å²) in [6, 6.07) is 8.68. The van der Waals surface area contributed by atoms with Gasteiger partial charge in [0.2, 0.25) is 17.7 Å². The first-order chi connectivity index (χ1) is 11.9. The molecule has 3 amide bonds. The molecule has 1 aliphatic heterocycles. The van der Waals surface area contributed by atoms with Crippen molar-refractivity contribution in [2.45, 2.75) is 19.4 Å². The summed E-state index contributed by atoms with van der Waals surface area (Å²) < 4.78 is 5.55. The van der Waals surface area contributed by atoms with E-state index in [0.29, 0.717) is 13.1 Å². The maximum atomic E-state index is 12.4. The van der Waals surface area contributed by atoms with E-state index in [0.717, 1.165) is 5.75 Å². The molecule has 0 aromatic heterocycles. The normalized spacial score (nSPS) is 17.2. The van der Waals surface area contributed by atoms with Crippen molar-refractivity contribution in [2.24, 2.45) is 0 Å². The zero-order chi connectivity index (χ0) is 18.4. The minimum atomic E-state index is -0.625. The SMILES string of the molecule is CC(=O)N1CCN(C(=O)CCOc2ccccc2)C[C@@H]1C(=O)N(C)C. The fourth-order valence-electron chi connectivity index (χ4n) is 2.83. The number of hydrogen-bond acceptors (Lipinski definition) is 4. The molecule has 2 rings (SSSR count). The first-order valence-corrected chi connectivity index (χ1v) is 8.34. The molecule has 0 aliphatic carbocycles. The van der Waals surface area contributed by atoms with Crippen LogP contribution in [-0.4, -0.2) is 78.8 Å². The molecule has 0 bridgehead atoms. The summed E-state index contributed by atoms with van der Waals surface area (Å²) in [5.41, 5.74) is 0. The number of piperazine rings is 1. The van der Waals surface area contributed by atoms with Crippen LogP contribution < -0.4 is 4.74 Å². The van der Waals surface area contributed by atoms with Gasteiger partial charge in [-0.15, -0.1) is 0 Å². The molecule has 0 saturated carbocycles. The number of para-hydroxylation sites is 1. The lowest BCUT2D eigenvalue weighted by Gasteiger charge is -2.41. The van der Waals surface area contributed by atoms with Crippen molar-refractivity contribution >= 4 is 17.7 Å². The van der Waals surface area contributed by atoms with E-state index in [4.69, 9.17) is 4.74 Å². The number of carbonyl (C=O) groups is 3. The van der Waals surface area contributed by atoms with E-state index in [1.165, 1.54) is 16.7 Å². The van der Waals surface area contributed by atoms with Gasteiger partial charge < -0.3 is 19.4 Å². The highest BCUT2D eigenvalue weighted by atomic mass is 16.5. The van der Waals surface area contributed by atoms with Gasteiger partial charge in [-0.3, -0.25) is 14.4 Å². The Morgan fingerprint density at radius 2 is 1.84 bits per heavy atom. The summed E-state index contributed by atoms with van der Waals surface area (Å²) in [5.74, 6) is 0.320. The topological polar surface area (TPSA) is 70.2 Å². The first kappa shape index (κ1) is 18.8. The highest BCUT2D eigenvalue weighted by molar-refractivity contribution is 5.88. The predicted molar refractivity (Wildman–Crippen MR) is 93.0 cm³/mol. The van der Waals surface area contributed by atoms with Gasteiger partial charge >= 0.3 is 0 Å². The van der Waals surface area contributed by atoms with Gasteiger partial charge in [-0.2, -0.15) is 0 Å². The van der Waals surface area contributed by atoms with Crippen molar-refractivity contribution in [3.05, 3.63) is 30.3 Å². The van der Waals surface area contributed by atoms with Crippen LogP contribution in [0.1, 0.15) is 13.3 Å². The first-order valence-electron chi connectivity index (χ1n) is 8.34. The van der Waals surface area contributed by atoms with E-state index in [9.17, 15) is 14.4 Å². The summed E-state index contributed by atoms with van der Waals surface area (Å²) in [6.45, 7) is 2.75. The molecule has 7 heteroatoms. The van der Waals surface area contributed by atoms with Crippen LogP contribution in [0, 0.1) is 0 Å². The molecule has 1 saturated heterocycles. The van der Waals surface area contributed by atoms with Gasteiger partial charge in [0.1, 0.15) is 11.8 Å². The average Bonchev–Trinajstić information content (AvgIpc) is 2.61. The minimum absolute atomic E-state index is 0.0734. The van der Waals surface area contributed by atoms with Crippen LogP contribution in [0.4, 0.5) is 0 Å².